The zero-order chi connectivity index (χ0) is 22.2. The summed E-state index contributed by atoms with van der Waals surface area (Å²) in [6, 6.07) is 19.5. The van der Waals surface area contributed by atoms with E-state index in [-0.39, 0.29) is 6.10 Å². The van der Waals surface area contributed by atoms with Crippen molar-refractivity contribution in [1.29, 1.82) is 0 Å². The molecule has 0 aliphatic carbocycles. The molecular weight excluding hydrogens is 412 g/mol. The fourth-order valence-corrected chi connectivity index (χ4v) is 5.40. The van der Waals surface area contributed by atoms with Crippen LogP contribution in [0.25, 0.3) is 21.8 Å². The minimum absolute atomic E-state index is 0.0759. The molecule has 0 saturated carbocycles. The Morgan fingerprint density at radius 3 is 2.82 bits per heavy atom. The Kier molecular flexibility index (Phi) is 5.50. The zero-order valence-corrected chi connectivity index (χ0v) is 19.0. The lowest BCUT2D eigenvalue weighted by atomic mass is 10.0. The lowest BCUT2D eigenvalue weighted by Gasteiger charge is -2.35. The second kappa shape index (κ2) is 8.78. The smallest absolute Gasteiger partial charge is 0.119 e. The third kappa shape index (κ3) is 4.10. The number of aromatic nitrogens is 2. The molecule has 2 aliphatic heterocycles. The number of hydrogen-bond donors (Lipinski definition) is 1. The molecule has 6 nitrogen and oxygen atoms in total. The molecule has 4 heterocycles. The summed E-state index contributed by atoms with van der Waals surface area (Å²) in [7, 11) is 1.70. The van der Waals surface area contributed by atoms with E-state index in [2.05, 4.69) is 62.2 Å². The highest BCUT2D eigenvalue weighted by Crippen LogP contribution is 2.34. The van der Waals surface area contributed by atoms with Crippen molar-refractivity contribution in [2.45, 2.75) is 31.5 Å². The van der Waals surface area contributed by atoms with Crippen molar-refractivity contribution in [2.24, 2.45) is 0 Å². The van der Waals surface area contributed by atoms with E-state index in [1.54, 1.807) is 7.11 Å². The molecule has 0 radical (unpaired) electrons. The van der Waals surface area contributed by atoms with Crippen LogP contribution in [-0.4, -0.2) is 59.3 Å². The molecule has 6 rings (SSSR count). The molecule has 2 aromatic heterocycles. The van der Waals surface area contributed by atoms with E-state index in [9.17, 15) is 0 Å². The summed E-state index contributed by atoms with van der Waals surface area (Å²) in [4.78, 5) is 13.2. The second-order valence-corrected chi connectivity index (χ2v) is 9.23. The van der Waals surface area contributed by atoms with Gasteiger partial charge in [0, 0.05) is 55.0 Å². The number of likely N-dealkylation sites (tertiary alicyclic amines) is 1. The number of hydrogen-bond acceptors (Lipinski definition) is 5. The summed E-state index contributed by atoms with van der Waals surface area (Å²) in [6.45, 7) is 4.87. The second-order valence-electron chi connectivity index (χ2n) is 9.23. The van der Waals surface area contributed by atoms with Crippen LogP contribution < -0.4 is 4.74 Å². The molecule has 1 N–H and O–H groups in total. The van der Waals surface area contributed by atoms with Crippen molar-refractivity contribution in [3.8, 4) is 5.75 Å². The molecule has 0 spiro atoms. The molecule has 1 atom stereocenters. The lowest BCUT2D eigenvalue weighted by molar-refractivity contribution is 0.0579. The molecule has 2 aliphatic rings. The van der Waals surface area contributed by atoms with Gasteiger partial charge in [-0.1, -0.05) is 18.2 Å². The van der Waals surface area contributed by atoms with Crippen LogP contribution in [-0.2, 0) is 11.3 Å². The van der Waals surface area contributed by atoms with Crippen LogP contribution >= 0.6 is 0 Å². The van der Waals surface area contributed by atoms with E-state index in [0.717, 1.165) is 42.8 Å². The Balaban J connectivity index is 1.09. The molecule has 4 aromatic rings. The predicted molar refractivity (Wildman–Crippen MR) is 130 cm³/mol. The van der Waals surface area contributed by atoms with Crippen molar-refractivity contribution in [1.82, 2.24) is 19.8 Å². The van der Waals surface area contributed by atoms with Gasteiger partial charge in [0.1, 0.15) is 12.5 Å². The Hall–Kier alpha value is -2.93. The molecule has 0 bridgehead atoms. The predicted octanol–water partition coefficient (Wildman–Crippen LogP) is 4.72. The van der Waals surface area contributed by atoms with Gasteiger partial charge in [-0.3, -0.25) is 14.8 Å². The standard InChI is InChI=1S/C27H30N4O2/c1-32-22-6-7-26-24(15-22)23(8-11-28-26)27-17-31(18-33-27)21-9-12-30(13-10-21)16-20-14-19-4-2-3-5-25(19)29-20/h2-8,11,14-15,21,27,29H,9-10,12-13,16-18H2,1H3. The SMILES string of the molecule is COc1ccc2nccc(C3CN(C4CCN(Cc5cc6ccccc6[nH]5)CC4)CO3)c2c1. The monoisotopic (exact) mass is 442 g/mol. The Labute approximate surface area is 194 Å². The van der Waals surface area contributed by atoms with Crippen LogP contribution in [0.4, 0.5) is 0 Å². The van der Waals surface area contributed by atoms with Gasteiger partial charge in [-0.15, -0.1) is 0 Å². The van der Waals surface area contributed by atoms with Gasteiger partial charge in [-0.25, -0.2) is 0 Å². The van der Waals surface area contributed by atoms with Gasteiger partial charge in [0.25, 0.3) is 0 Å². The van der Waals surface area contributed by atoms with Crippen molar-refractivity contribution in [2.75, 3.05) is 33.5 Å². The Morgan fingerprint density at radius 2 is 1.97 bits per heavy atom. The molecular formula is C27H30N4O2. The number of nitrogens with one attached hydrogen (secondary N) is 1. The van der Waals surface area contributed by atoms with E-state index in [4.69, 9.17) is 9.47 Å². The van der Waals surface area contributed by atoms with E-state index in [1.807, 2.05) is 18.3 Å². The Bertz CT molecular complexity index is 1230. The number of benzene rings is 2. The number of para-hydroxylation sites is 1. The maximum atomic E-state index is 6.28. The number of piperidine rings is 1. The maximum absolute atomic E-state index is 6.28. The lowest BCUT2D eigenvalue weighted by Crippen LogP contribution is -2.43. The summed E-state index contributed by atoms with van der Waals surface area (Å²) in [5, 5.41) is 2.42. The number of nitrogens with zero attached hydrogens (tertiary/aromatic N) is 3. The molecule has 2 saturated heterocycles. The van der Waals surface area contributed by atoms with E-state index in [0.29, 0.717) is 12.8 Å². The Morgan fingerprint density at radius 1 is 1.09 bits per heavy atom. The summed E-state index contributed by atoms with van der Waals surface area (Å²) in [5.74, 6) is 0.855. The average molecular weight is 443 g/mol. The third-order valence-electron chi connectivity index (χ3n) is 7.22. The number of ether oxygens (including phenoxy) is 2. The van der Waals surface area contributed by atoms with Gasteiger partial charge in [-0.05, 0) is 60.2 Å². The van der Waals surface area contributed by atoms with Crippen LogP contribution in [0.2, 0.25) is 0 Å². The highest BCUT2D eigenvalue weighted by molar-refractivity contribution is 5.84. The molecule has 2 aromatic carbocycles. The number of pyridine rings is 1. The topological polar surface area (TPSA) is 53.6 Å². The quantitative estimate of drug-likeness (QED) is 0.485. The van der Waals surface area contributed by atoms with Crippen molar-refractivity contribution >= 4 is 21.8 Å². The summed E-state index contributed by atoms with van der Waals surface area (Å²) in [6.07, 6.45) is 4.33. The first-order chi connectivity index (χ1) is 16.3. The van der Waals surface area contributed by atoms with Gasteiger partial charge in [0.05, 0.1) is 18.7 Å². The number of rotatable bonds is 5. The van der Waals surface area contributed by atoms with E-state index >= 15 is 0 Å². The summed E-state index contributed by atoms with van der Waals surface area (Å²) < 4.78 is 11.7. The van der Waals surface area contributed by atoms with E-state index in [1.165, 1.54) is 35.0 Å². The first-order valence-electron chi connectivity index (χ1n) is 11.8. The number of methoxy groups -OCH3 is 1. The van der Waals surface area contributed by atoms with Gasteiger partial charge >= 0.3 is 0 Å². The molecule has 1 unspecified atom stereocenters. The fraction of sp³-hybridized carbons (Fsp3) is 0.370. The van der Waals surface area contributed by atoms with Crippen molar-refractivity contribution in [3.05, 3.63) is 72.1 Å². The molecule has 170 valence electrons. The molecule has 2 fully saturated rings. The number of aromatic amines is 1. The average Bonchev–Trinajstić information content (AvgIpc) is 3.51. The number of fused-ring (bicyclic) bond motifs is 2. The summed E-state index contributed by atoms with van der Waals surface area (Å²) in [5.41, 5.74) is 4.72. The normalized spacial score (nSPS) is 20.7. The minimum atomic E-state index is 0.0759. The highest BCUT2D eigenvalue weighted by atomic mass is 16.5. The van der Waals surface area contributed by atoms with Crippen LogP contribution in [0.3, 0.4) is 0 Å². The highest BCUT2D eigenvalue weighted by Gasteiger charge is 2.32. The largest absolute Gasteiger partial charge is 0.497 e. The van der Waals surface area contributed by atoms with Gasteiger partial charge in [-0.2, -0.15) is 0 Å². The molecule has 0 amide bonds. The molecule has 6 heteroatoms. The van der Waals surface area contributed by atoms with Crippen molar-refractivity contribution in [3.63, 3.8) is 0 Å². The zero-order valence-electron chi connectivity index (χ0n) is 19.0. The van der Waals surface area contributed by atoms with Gasteiger partial charge in [0.2, 0.25) is 0 Å². The van der Waals surface area contributed by atoms with Crippen molar-refractivity contribution < 1.29 is 9.47 Å². The molecule has 33 heavy (non-hydrogen) atoms. The van der Waals surface area contributed by atoms with Gasteiger partial charge in [0.15, 0.2) is 0 Å². The maximum Gasteiger partial charge on any atom is 0.119 e. The number of H-pyrrole nitrogens is 1. The van der Waals surface area contributed by atoms with Crippen LogP contribution in [0, 0.1) is 0 Å². The van der Waals surface area contributed by atoms with Crippen LogP contribution in [0.1, 0.15) is 30.2 Å². The van der Waals surface area contributed by atoms with Crippen LogP contribution in [0.5, 0.6) is 5.75 Å². The van der Waals surface area contributed by atoms with Crippen LogP contribution in [0.15, 0.2) is 60.8 Å². The first-order valence-corrected chi connectivity index (χ1v) is 11.8. The minimum Gasteiger partial charge on any atom is -0.497 e. The fourth-order valence-electron chi connectivity index (χ4n) is 5.40. The van der Waals surface area contributed by atoms with Gasteiger partial charge < -0.3 is 14.5 Å². The third-order valence-corrected chi connectivity index (χ3v) is 7.22. The first kappa shape index (κ1) is 20.7. The van der Waals surface area contributed by atoms with E-state index < -0.39 is 0 Å². The summed E-state index contributed by atoms with van der Waals surface area (Å²) >= 11 is 0.